The predicted octanol–water partition coefficient (Wildman–Crippen LogP) is 1.68. The van der Waals surface area contributed by atoms with Crippen molar-refractivity contribution in [1.29, 1.82) is 0 Å². The molecule has 0 aromatic heterocycles. The number of carbonyl (C=O) groups is 2. The van der Waals surface area contributed by atoms with Gasteiger partial charge in [-0.3, -0.25) is 9.59 Å². The van der Waals surface area contributed by atoms with Crippen LogP contribution in [-0.4, -0.2) is 36.1 Å². The van der Waals surface area contributed by atoms with Crippen molar-refractivity contribution in [2.75, 3.05) is 13.3 Å². The van der Waals surface area contributed by atoms with Crippen LogP contribution < -0.4 is 14.8 Å². The maximum atomic E-state index is 12.3. The second kappa shape index (κ2) is 6.48. The van der Waals surface area contributed by atoms with Gasteiger partial charge in [0.2, 0.25) is 18.6 Å². The smallest absolute Gasteiger partial charge is 0.231 e. The number of hydrogen-bond acceptors (Lipinski definition) is 4. The van der Waals surface area contributed by atoms with Gasteiger partial charge in [-0.05, 0) is 31.0 Å². The highest BCUT2D eigenvalue weighted by Crippen LogP contribution is 2.32. The maximum absolute atomic E-state index is 12.3. The van der Waals surface area contributed by atoms with Crippen molar-refractivity contribution < 1.29 is 19.1 Å². The first-order valence-electron chi connectivity index (χ1n) is 8.04. The number of benzene rings is 1. The number of nitrogens with zero attached hydrogens (tertiary/aromatic N) is 1. The summed E-state index contributed by atoms with van der Waals surface area (Å²) in [6.07, 6.45) is 1.20. The molecule has 0 bridgehead atoms. The summed E-state index contributed by atoms with van der Waals surface area (Å²) in [7, 11) is 0. The molecule has 124 valence electrons. The van der Waals surface area contributed by atoms with Gasteiger partial charge in [0.25, 0.3) is 0 Å². The lowest BCUT2D eigenvalue weighted by Crippen LogP contribution is -2.36. The molecule has 2 amide bonds. The fourth-order valence-corrected chi connectivity index (χ4v) is 2.94. The summed E-state index contributed by atoms with van der Waals surface area (Å²) in [4.78, 5) is 26.1. The van der Waals surface area contributed by atoms with E-state index >= 15 is 0 Å². The molecule has 6 nitrogen and oxygen atoms in total. The lowest BCUT2D eigenvalue weighted by atomic mass is 10.1. The second-order valence-electron chi connectivity index (χ2n) is 6.11. The normalized spacial score (nSPS) is 20.7. The number of nitrogens with one attached hydrogen (secondary N) is 1. The fourth-order valence-electron chi connectivity index (χ4n) is 2.94. The summed E-state index contributed by atoms with van der Waals surface area (Å²) in [5.41, 5.74) is 0.950. The van der Waals surface area contributed by atoms with Gasteiger partial charge in [0.1, 0.15) is 0 Å². The van der Waals surface area contributed by atoms with Gasteiger partial charge in [-0.15, -0.1) is 0 Å². The Morgan fingerprint density at radius 3 is 2.96 bits per heavy atom. The molecule has 2 aliphatic heterocycles. The molecule has 1 aromatic rings. The number of hydrogen-bond donors (Lipinski definition) is 1. The van der Waals surface area contributed by atoms with Gasteiger partial charge in [-0.1, -0.05) is 13.0 Å². The molecule has 0 aliphatic carbocycles. The quantitative estimate of drug-likeness (QED) is 0.897. The Balaban J connectivity index is 1.55. The summed E-state index contributed by atoms with van der Waals surface area (Å²) < 4.78 is 10.6. The minimum Gasteiger partial charge on any atom is -0.454 e. The Bertz CT molecular complexity index is 617. The SMILES string of the molecule is CC[C@@H](C)N1C[C@H](C(=O)NCc2ccc3c(c2)OCO3)CC1=O. The first-order valence-corrected chi connectivity index (χ1v) is 8.04. The molecule has 3 rings (SSSR count). The minimum absolute atomic E-state index is 0.0678. The molecule has 0 spiro atoms. The van der Waals surface area contributed by atoms with Gasteiger partial charge in [-0.25, -0.2) is 0 Å². The van der Waals surface area contributed by atoms with Crippen LogP contribution in [0.2, 0.25) is 0 Å². The van der Waals surface area contributed by atoms with E-state index in [1.807, 2.05) is 36.9 Å². The van der Waals surface area contributed by atoms with Crippen molar-refractivity contribution in [3.05, 3.63) is 23.8 Å². The van der Waals surface area contributed by atoms with E-state index in [9.17, 15) is 9.59 Å². The summed E-state index contributed by atoms with van der Waals surface area (Å²) >= 11 is 0. The van der Waals surface area contributed by atoms with Gasteiger partial charge >= 0.3 is 0 Å². The van der Waals surface area contributed by atoms with Crippen molar-refractivity contribution >= 4 is 11.8 Å². The van der Waals surface area contributed by atoms with E-state index in [2.05, 4.69) is 5.32 Å². The summed E-state index contributed by atoms with van der Waals surface area (Å²) in [6, 6.07) is 5.80. The van der Waals surface area contributed by atoms with Crippen LogP contribution in [-0.2, 0) is 16.1 Å². The van der Waals surface area contributed by atoms with Crippen molar-refractivity contribution in [1.82, 2.24) is 10.2 Å². The van der Waals surface area contributed by atoms with Crippen LogP contribution in [0.1, 0.15) is 32.3 Å². The molecule has 1 N–H and O–H groups in total. The zero-order valence-electron chi connectivity index (χ0n) is 13.5. The van der Waals surface area contributed by atoms with Gasteiger partial charge in [0.05, 0.1) is 5.92 Å². The highest BCUT2D eigenvalue weighted by molar-refractivity contribution is 5.89. The largest absolute Gasteiger partial charge is 0.454 e. The van der Waals surface area contributed by atoms with Crippen LogP contribution in [0, 0.1) is 5.92 Å². The predicted molar refractivity (Wildman–Crippen MR) is 84.0 cm³/mol. The van der Waals surface area contributed by atoms with E-state index < -0.39 is 0 Å². The van der Waals surface area contributed by atoms with Crippen molar-refractivity contribution in [2.45, 2.75) is 39.3 Å². The van der Waals surface area contributed by atoms with E-state index in [1.165, 1.54) is 0 Å². The molecule has 2 heterocycles. The topological polar surface area (TPSA) is 67.9 Å². The molecule has 6 heteroatoms. The van der Waals surface area contributed by atoms with Gasteiger partial charge < -0.3 is 19.7 Å². The van der Waals surface area contributed by atoms with Gasteiger partial charge in [-0.2, -0.15) is 0 Å². The Kier molecular flexibility index (Phi) is 4.41. The fraction of sp³-hybridized carbons (Fsp3) is 0.529. The Labute approximate surface area is 135 Å². The molecule has 0 saturated carbocycles. The lowest BCUT2D eigenvalue weighted by molar-refractivity contribution is -0.130. The number of carbonyl (C=O) groups excluding carboxylic acids is 2. The van der Waals surface area contributed by atoms with Crippen molar-refractivity contribution in [2.24, 2.45) is 5.92 Å². The first kappa shape index (κ1) is 15.6. The number of rotatable bonds is 5. The number of likely N-dealkylation sites (tertiary alicyclic amines) is 1. The molecule has 1 aromatic carbocycles. The maximum Gasteiger partial charge on any atom is 0.231 e. The summed E-state index contributed by atoms with van der Waals surface area (Å²) in [6.45, 7) is 5.24. The third-order valence-corrected chi connectivity index (χ3v) is 4.56. The van der Waals surface area contributed by atoms with E-state index in [4.69, 9.17) is 9.47 Å². The molecule has 0 unspecified atom stereocenters. The Morgan fingerprint density at radius 1 is 1.39 bits per heavy atom. The molecular weight excluding hydrogens is 296 g/mol. The number of fused-ring (bicyclic) bond motifs is 1. The number of amides is 2. The Hall–Kier alpha value is -2.24. The van der Waals surface area contributed by atoms with Gasteiger partial charge in [0.15, 0.2) is 11.5 Å². The molecule has 2 atom stereocenters. The average molecular weight is 318 g/mol. The molecule has 0 radical (unpaired) electrons. The highest BCUT2D eigenvalue weighted by Gasteiger charge is 2.35. The summed E-state index contributed by atoms with van der Waals surface area (Å²) in [5.74, 6) is 1.18. The van der Waals surface area contributed by atoms with Gasteiger partial charge in [0, 0.05) is 25.6 Å². The Morgan fingerprint density at radius 2 is 2.17 bits per heavy atom. The monoisotopic (exact) mass is 318 g/mol. The van der Waals surface area contributed by atoms with Crippen LogP contribution in [0.15, 0.2) is 18.2 Å². The third kappa shape index (κ3) is 3.25. The van der Waals surface area contributed by atoms with Crippen LogP contribution >= 0.6 is 0 Å². The molecule has 1 saturated heterocycles. The van der Waals surface area contributed by atoms with E-state index in [-0.39, 0.29) is 30.6 Å². The summed E-state index contributed by atoms with van der Waals surface area (Å²) in [5, 5.41) is 2.92. The van der Waals surface area contributed by atoms with E-state index in [1.54, 1.807) is 0 Å². The molecular formula is C17H22N2O4. The van der Waals surface area contributed by atoms with Crippen molar-refractivity contribution in [3.8, 4) is 11.5 Å². The second-order valence-corrected chi connectivity index (χ2v) is 6.11. The van der Waals surface area contributed by atoms with E-state index in [0.717, 1.165) is 17.7 Å². The molecule has 1 fully saturated rings. The first-order chi connectivity index (χ1) is 11.1. The third-order valence-electron chi connectivity index (χ3n) is 4.56. The van der Waals surface area contributed by atoms with Crippen molar-refractivity contribution in [3.63, 3.8) is 0 Å². The van der Waals surface area contributed by atoms with Crippen LogP contribution in [0.5, 0.6) is 11.5 Å². The zero-order valence-corrected chi connectivity index (χ0v) is 13.5. The minimum atomic E-state index is -0.259. The molecule has 23 heavy (non-hydrogen) atoms. The average Bonchev–Trinajstić information content (AvgIpc) is 3.17. The van der Waals surface area contributed by atoms with Crippen LogP contribution in [0.25, 0.3) is 0 Å². The zero-order chi connectivity index (χ0) is 16.4. The molecule has 2 aliphatic rings. The highest BCUT2D eigenvalue weighted by atomic mass is 16.7. The number of ether oxygens (including phenoxy) is 2. The van der Waals surface area contributed by atoms with Crippen LogP contribution in [0.3, 0.4) is 0 Å². The lowest BCUT2D eigenvalue weighted by Gasteiger charge is -2.23. The van der Waals surface area contributed by atoms with Crippen LogP contribution in [0.4, 0.5) is 0 Å². The standard InChI is InChI=1S/C17H22N2O4/c1-3-11(2)19-9-13(7-16(19)20)17(21)18-8-12-4-5-14-15(6-12)23-10-22-14/h4-6,11,13H,3,7-10H2,1-2H3,(H,18,21)/t11-,13-/m1/s1. The van der Waals surface area contributed by atoms with E-state index in [0.29, 0.717) is 25.3 Å².